The van der Waals surface area contributed by atoms with Crippen molar-refractivity contribution in [1.29, 1.82) is 0 Å². The molecule has 0 aliphatic heterocycles. The van der Waals surface area contributed by atoms with Gasteiger partial charge in [0.1, 0.15) is 0 Å². The first-order valence-corrected chi connectivity index (χ1v) is 7.40. The van der Waals surface area contributed by atoms with Crippen LogP contribution in [-0.2, 0) is 6.18 Å². The largest absolute Gasteiger partial charge is 0.416 e. The van der Waals surface area contributed by atoms with E-state index >= 15 is 0 Å². The summed E-state index contributed by atoms with van der Waals surface area (Å²) >= 11 is 0. The van der Waals surface area contributed by atoms with Crippen molar-refractivity contribution in [2.45, 2.75) is 20.0 Å². The molecule has 128 valence electrons. The Kier molecular flexibility index (Phi) is 5.38. The summed E-state index contributed by atoms with van der Waals surface area (Å²) in [5.41, 5.74) is 0.0524. The van der Waals surface area contributed by atoms with Crippen LogP contribution in [0.15, 0.2) is 36.7 Å². The number of halogens is 3. The third kappa shape index (κ3) is 4.21. The van der Waals surface area contributed by atoms with Crippen molar-refractivity contribution in [2.75, 3.05) is 18.4 Å². The predicted octanol–water partition coefficient (Wildman–Crippen LogP) is 3.72. The maximum atomic E-state index is 12.5. The van der Waals surface area contributed by atoms with Crippen molar-refractivity contribution >= 4 is 17.5 Å². The van der Waals surface area contributed by atoms with Gasteiger partial charge in [-0.15, -0.1) is 0 Å². The lowest BCUT2D eigenvalue weighted by Gasteiger charge is -2.18. The average molecular weight is 338 g/mol. The summed E-state index contributed by atoms with van der Waals surface area (Å²) in [6.07, 6.45) is -1.60. The molecule has 1 amide bonds. The Morgan fingerprint density at radius 3 is 2.08 bits per heavy atom. The molecule has 0 atom stereocenters. The van der Waals surface area contributed by atoms with Gasteiger partial charge < -0.3 is 10.2 Å². The third-order valence-electron chi connectivity index (χ3n) is 3.42. The van der Waals surface area contributed by atoms with Crippen LogP contribution in [0.5, 0.6) is 0 Å². The number of nitrogens with zero attached hydrogens (tertiary/aromatic N) is 3. The lowest BCUT2D eigenvalue weighted by atomic mass is 10.2. The maximum absolute atomic E-state index is 12.5. The molecule has 1 N–H and O–H groups in total. The summed E-state index contributed by atoms with van der Waals surface area (Å²) in [6, 6.07) is 4.53. The van der Waals surface area contributed by atoms with Crippen LogP contribution in [0.3, 0.4) is 0 Å². The molecule has 0 aliphatic carbocycles. The van der Waals surface area contributed by atoms with Gasteiger partial charge in [0.15, 0.2) is 0 Å². The van der Waals surface area contributed by atoms with Crippen LogP contribution in [0.2, 0.25) is 0 Å². The third-order valence-corrected chi connectivity index (χ3v) is 3.42. The smallest absolute Gasteiger partial charge is 0.339 e. The van der Waals surface area contributed by atoms with Gasteiger partial charge >= 0.3 is 6.18 Å². The number of rotatable bonds is 5. The van der Waals surface area contributed by atoms with Crippen molar-refractivity contribution in [3.05, 3.63) is 47.8 Å². The van der Waals surface area contributed by atoms with Gasteiger partial charge in [-0.25, -0.2) is 9.97 Å². The van der Waals surface area contributed by atoms with Crippen LogP contribution in [0, 0.1) is 0 Å². The summed E-state index contributed by atoms with van der Waals surface area (Å²) in [4.78, 5) is 21.8. The maximum Gasteiger partial charge on any atom is 0.416 e. The van der Waals surface area contributed by atoms with Crippen molar-refractivity contribution in [3.8, 4) is 0 Å². The van der Waals surface area contributed by atoms with E-state index in [0.717, 1.165) is 12.1 Å². The van der Waals surface area contributed by atoms with Crippen LogP contribution >= 0.6 is 0 Å². The molecule has 5 nitrogen and oxygen atoms in total. The highest BCUT2D eigenvalue weighted by Gasteiger charge is 2.29. The first-order valence-electron chi connectivity index (χ1n) is 7.40. The number of hydrogen-bond donors (Lipinski definition) is 1. The molecule has 24 heavy (non-hydrogen) atoms. The zero-order chi connectivity index (χ0) is 17.7. The normalized spacial score (nSPS) is 11.2. The fraction of sp³-hybridized carbons (Fsp3) is 0.312. The summed E-state index contributed by atoms with van der Waals surface area (Å²) in [5, 5.41) is 2.79. The van der Waals surface area contributed by atoms with E-state index in [1.807, 2.05) is 13.8 Å². The van der Waals surface area contributed by atoms with E-state index in [1.54, 1.807) is 4.90 Å². The molecule has 0 radical (unpaired) electrons. The minimum Gasteiger partial charge on any atom is -0.339 e. The number of anilines is 2. The van der Waals surface area contributed by atoms with Crippen LogP contribution < -0.4 is 5.32 Å². The summed E-state index contributed by atoms with van der Waals surface area (Å²) < 4.78 is 37.5. The number of amides is 1. The zero-order valence-electron chi connectivity index (χ0n) is 13.3. The predicted molar refractivity (Wildman–Crippen MR) is 84.0 cm³/mol. The Bertz CT molecular complexity index is 680. The molecule has 0 unspecified atom stereocenters. The van der Waals surface area contributed by atoms with Gasteiger partial charge in [-0.1, -0.05) is 0 Å². The quantitative estimate of drug-likeness (QED) is 0.903. The molecule has 1 aromatic heterocycles. The lowest BCUT2D eigenvalue weighted by Crippen LogP contribution is -2.30. The van der Waals surface area contributed by atoms with E-state index in [4.69, 9.17) is 0 Å². The van der Waals surface area contributed by atoms with Gasteiger partial charge in [0, 0.05) is 31.2 Å². The molecule has 0 spiro atoms. The number of carbonyl (C=O) groups excluding carboxylic acids is 1. The van der Waals surface area contributed by atoms with Gasteiger partial charge in [0.05, 0.1) is 11.1 Å². The average Bonchev–Trinajstić information content (AvgIpc) is 2.56. The number of carbonyl (C=O) groups is 1. The summed E-state index contributed by atoms with van der Waals surface area (Å²) in [6.45, 7) is 4.92. The second-order valence-electron chi connectivity index (χ2n) is 4.97. The second-order valence-corrected chi connectivity index (χ2v) is 4.97. The lowest BCUT2D eigenvalue weighted by molar-refractivity contribution is -0.137. The monoisotopic (exact) mass is 338 g/mol. The summed E-state index contributed by atoms with van der Waals surface area (Å²) in [5.74, 6) is 0.0342. The SMILES string of the molecule is CCN(CC)C(=O)c1cnc(Nc2ccc(C(F)(F)F)cc2)nc1. The molecular weight excluding hydrogens is 321 g/mol. The van der Waals surface area contributed by atoms with Gasteiger partial charge in [-0.2, -0.15) is 13.2 Å². The molecule has 0 saturated carbocycles. The molecule has 0 bridgehead atoms. The standard InChI is InChI=1S/C16H17F3N4O/c1-3-23(4-2)14(24)11-9-20-15(21-10-11)22-13-7-5-12(6-8-13)16(17,18)19/h5-10H,3-4H2,1-2H3,(H,20,21,22). The fourth-order valence-electron chi connectivity index (χ4n) is 2.07. The highest BCUT2D eigenvalue weighted by molar-refractivity contribution is 5.93. The van der Waals surface area contributed by atoms with Crippen molar-refractivity contribution in [3.63, 3.8) is 0 Å². The van der Waals surface area contributed by atoms with E-state index in [-0.39, 0.29) is 11.9 Å². The molecule has 0 fully saturated rings. The van der Waals surface area contributed by atoms with Gasteiger partial charge in [-0.3, -0.25) is 4.79 Å². The fourth-order valence-corrected chi connectivity index (χ4v) is 2.07. The summed E-state index contributed by atoms with van der Waals surface area (Å²) in [7, 11) is 0. The zero-order valence-corrected chi connectivity index (χ0v) is 13.3. The van der Waals surface area contributed by atoms with Crippen molar-refractivity contribution in [2.24, 2.45) is 0 Å². The van der Waals surface area contributed by atoms with Crippen LogP contribution in [0.1, 0.15) is 29.8 Å². The van der Waals surface area contributed by atoms with Crippen molar-refractivity contribution in [1.82, 2.24) is 14.9 Å². The minimum atomic E-state index is -4.37. The van der Waals surface area contributed by atoms with E-state index in [0.29, 0.717) is 24.3 Å². The van der Waals surface area contributed by atoms with E-state index in [1.165, 1.54) is 24.5 Å². The molecule has 8 heteroatoms. The van der Waals surface area contributed by atoms with Gasteiger partial charge in [0.2, 0.25) is 5.95 Å². The van der Waals surface area contributed by atoms with E-state index in [9.17, 15) is 18.0 Å². The number of hydrogen-bond acceptors (Lipinski definition) is 4. The molecule has 1 aromatic carbocycles. The molecular formula is C16H17F3N4O. The topological polar surface area (TPSA) is 58.1 Å². The van der Waals surface area contributed by atoms with E-state index in [2.05, 4.69) is 15.3 Å². The number of nitrogens with one attached hydrogen (secondary N) is 1. The Labute approximate surface area is 137 Å². The van der Waals surface area contributed by atoms with Crippen LogP contribution in [-0.4, -0.2) is 33.9 Å². The van der Waals surface area contributed by atoms with Crippen LogP contribution in [0.4, 0.5) is 24.8 Å². The van der Waals surface area contributed by atoms with Gasteiger partial charge in [0.25, 0.3) is 5.91 Å². The number of benzene rings is 1. The first kappa shape index (κ1) is 17.7. The highest BCUT2D eigenvalue weighted by atomic mass is 19.4. The second kappa shape index (κ2) is 7.29. The minimum absolute atomic E-state index is 0.166. The van der Waals surface area contributed by atoms with Gasteiger partial charge in [-0.05, 0) is 38.1 Å². The van der Waals surface area contributed by atoms with E-state index < -0.39 is 11.7 Å². The Balaban J connectivity index is 2.08. The molecule has 2 aromatic rings. The molecule has 1 heterocycles. The molecule has 0 aliphatic rings. The number of aromatic nitrogens is 2. The Hall–Kier alpha value is -2.64. The highest BCUT2D eigenvalue weighted by Crippen LogP contribution is 2.30. The Morgan fingerprint density at radius 2 is 1.62 bits per heavy atom. The number of alkyl halides is 3. The molecule has 0 saturated heterocycles. The van der Waals surface area contributed by atoms with Crippen molar-refractivity contribution < 1.29 is 18.0 Å². The Morgan fingerprint density at radius 1 is 1.08 bits per heavy atom. The first-order chi connectivity index (χ1) is 11.3. The molecule has 2 rings (SSSR count). The van der Waals surface area contributed by atoms with Crippen LogP contribution in [0.25, 0.3) is 0 Å².